The van der Waals surface area contributed by atoms with Crippen molar-refractivity contribution < 1.29 is 24.2 Å². The molecule has 2 atom stereocenters. The molecule has 0 amide bonds. The van der Waals surface area contributed by atoms with Crippen molar-refractivity contribution in [1.82, 2.24) is 0 Å². The molecule has 0 aromatic carbocycles. The van der Waals surface area contributed by atoms with Crippen molar-refractivity contribution in [3.8, 4) is 0 Å². The van der Waals surface area contributed by atoms with Gasteiger partial charge in [-0.25, -0.2) is 0 Å². The Morgan fingerprint density at radius 3 is 1.37 bits per heavy atom. The number of hydrogen-bond acceptors (Lipinski definition) is 5. The number of carbonyl (C=O) groups excluding carboxylic acids is 2. The van der Waals surface area contributed by atoms with Gasteiger partial charge in [0.1, 0.15) is 19.3 Å². The summed E-state index contributed by atoms with van der Waals surface area (Å²) in [5, 5.41) is 9.90. The number of hydrogen-bond donors (Lipinski definition) is 1. The van der Waals surface area contributed by atoms with E-state index in [9.17, 15) is 14.7 Å². The third-order valence-electron chi connectivity index (χ3n) is 6.88. The van der Waals surface area contributed by atoms with E-state index < -0.39 is 6.10 Å². The molecule has 0 bridgehead atoms. The molecule has 0 aliphatic heterocycles. The zero-order valence-corrected chi connectivity index (χ0v) is 23.5. The first-order chi connectivity index (χ1) is 17.0. The van der Waals surface area contributed by atoms with Crippen LogP contribution >= 0.6 is 0 Å². The zero-order chi connectivity index (χ0) is 26.0. The Morgan fingerprint density at radius 1 is 0.600 bits per heavy atom. The highest BCUT2D eigenvalue weighted by Gasteiger charge is 2.12. The summed E-state index contributed by atoms with van der Waals surface area (Å²) < 4.78 is 10.2. The van der Waals surface area contributed by atoms with Gasteiger partial charge in [-0.3, -0.25) is 9.59 Å². The second kappa shape index (κ2) is 26.0. The third kappa shape index (κ3) is 25.8. The number of unbranched alkanes of at least 4 members (excludes halogenated alkanes) is 15. The fraction of sp³-hybridized carbons (Fsp3) is 0.933. The summed E-state index contributed by atoms with van der Waals surface area (Å²) >= 11 is 0. The Kier molecular flexibility index (Phi) is 25.2. The minimum Gasteiger partial charge on any atom is -0.463 e. The van der Waals surface area contributed by atoms with Gasteiger partial charge in [0, 0.05) is 12.8 Å². The number of rotatable bonds is 26. The SMILES string of the molecule is CCCCCCCCCCCC(=O)OC[C@@H](O)COC(=O)CCCCCCCCCCC(C)CC. The summed E-state index contributed by atoms with van der Waals surface area (Å²) in [7, 11) is 0. The normalized spacial score (nSPS) is 12.9. The number of aliphatic hydroxyl groups is 1. The van der Waals surface area contributed by atoms with Gasteiger partial charge in [0.15, 0.2) is 0 Å². The van der Waals surface area contributed by atoms with Gasteiger partial charge in [0.2, 0.25) is 0 Å². The van der Waals surface area contributed by atoms with Gasteiger partial charge in [-0.15, -0.1) is 0 Å². The van der Waals surface area contributed by atoms with Crippen molar-refractivity contribution in [1.29, 1.82) is 0 Å². The average Bonchev–Trinajstić information content (AvgIpc) is 2.86. The molecule has 0 aliphatic rings. The van der Waals surface area contributed by atoms with Crippen LogP contribution in [0.5, 0.6) is 0 Å². The molecule has 0 rings (SSSR count). The van der Waals surface area contributed by atoms with Crippen LogP contribution in [0.15, 0.2) is 0 Å². The van der Waals surface area contributed by atoms with Crippen LogP contribution < -0.4 is 0 Å². The van der Waals surface area contributed by atoms with Crippen LogP contribution in [0.2, 0.25) is 0 Å². The van der Waals surface area contributed by atoms with Crippen LogP contribution in [0, 0.1) is 5.92 Å². The Bertz CT molecular complexity index is 479. The van der Waals surface area contributed by atoms with Crippen molar-refractivity contribution in [2.24, 2.45) is 5.92 Å². The second-order valence-corrected chi connectivity index (χ2v) is 10.5. The maximum atomic E-state index is 11.8. The fourth-order valence-corrected chi connectivity index (χ4v) is 4.18. The van der Waals surface area contributed by atoms with E-state index >= 15 is 0 Å². The smallest absolute Gasteiger partial charge is 0.305 e. The van der Waals surface area contributed by atoms with Gasteiger partial charge >= 0.3 is 11.9 Å². The lowest BCUT2D eigenvalue weighted by molar-refractivity contribution is -0.152. The van der Waals surface area contributed by atoms with Gasteiger partial charge < -0.3 is 14.6 Å². The molecule has 0 saturated carbocycles. The van der Waals surface area contributed by atoms with Crippen LogP contribution in [0.1, 0.15) is 156 Å². The molecule has 1 N–H and O–H groups in total. The van der Waals surface area contributed by atoms with Crippen molar-refractivity contribution in [3.63, 3.8) is 0 Å². The van der Waals surface area contributed by atoms with Gasteiger partial charge in [-0.1, -0.05) is 130 Å². The molecule has 0 aliphatic carbocycles. The molecule has 0 fully saturated rings. The highest BCUT2D eigenvalue weighted by Crippen LogP contribution is 2.15. The summed E-state index contributed by atoms with van der Waals surface area (Å²) in [5.74, 6) is 0.296. The Labute approximate surface area is 217 Å². The lowest BCUT2D eigenvalue weighted by Gasteiger charge is -2.12. The number of carbonyl (C=O) groups is 2. The standard InChI is InChI=1S/C30H58O5/c1-4-6-7-8-9-10-14-17-20-23-29(32)34-25-28(31)26-35-30(33)24-21-18-15-12-11-13-16-19-22-27(3)5-2/h27-28,31H,4-26H2,1-3H3/t27?,28-/m1/s1. The topological polar surface area (TPSA) is 72.8 Å². The Balaban J connectivity index is 3.45. The highest BCUT2D eigenvalue weighted by molar-refractivity contribution is 5.69. The van der Waals surface area contributed by atoms with E-state index in [0.29, 0.717) is 12.8 Å². The monoisotopic (exact) mass is 498 g/mol. The average molecular weight is 499 g/mol. The van der Waals surface area contributed by atoms with Crippen LogP contribution in [0.3, 0.4) is 0 Å². The van der Waals surface area contributed by atoms with E-state index in [1.165, 1.54) is 83.5 Å². The van der Waals surface area contributed by atoms with E-state index in [-0.39, 0.29) is 25.2 Å². The van der Waals surface area contributed by atoms with Crippen molar-refractivity contribution >= 4 is 11.9 Å². The van der Waals surface area contributed by atoms with E-state index in [4.69, 9.17) is 9.47 Å². The van der Waals surface area contributed by atoms with Crippen LogP contribution in [-0.4, -0.2) is 36.4 Å². The lowest BCUT2D eigenvalue weighted by atomic mass is 9.99. The maximum absolute atomic E-state index is 11.8. The minimum atomic E-state index is -0.952. The summed E-state index contributed by atoms with van der Waals surface area (Å²) in [6.45, 7) is 6.60. The molecule has 0 aromatic heterocycles. The van der Waals surface area contributed by atoms with Crippen LogP contribution in [-0.2, 0) is 19.1 Å². The molecule has 208 valence electrons. The molecule has 1 unspecified atom stereocenters. The largest absolute Gasteiger partial charge is 0.463 e. The van der Waals surface area contributed by atoms with E-state index in [2.05, 4.69) is 20.8 Å². The predicted octanol–water partition coefficient (Wildman–Crippen LogP) is 8.30. The molecule has 0 saturated heterocycles. The molecular formula is C30H58O5. The molecule has 0 spiro atoms. The Hall–Kier alpha value is -1.10. The minimum absolute atomic E-state index is 0.110. The summed E-state index contributed by atoms with van der Waals surface area (Å²) in [6, 6.07) is 0. The zero-order valence-electron chi connectivity index (χ0n) is 23.5. The van der Waals surface area contributed by atoms with Crippen LogP contribution in [0.4, 0.5) is 0 Å². The van der Waals surface area contributed by atoms with Gasteiger partial charge in [0.25, 0.3) is 0 Å². The first kappa shape index (κ1) is 33.9. The van der Waals surface area contributed by atoms with Crippen molar-refractivity contribution in [2.75, 3.05) is 13.2 Å². The molecule has 0 aromatic rings. The predicted molar refractivity (Wildman–Crippen MR) is 145 cm³/mol. The quantitative estimate of drug-likeness (QED) is 0.0959. The third-order valence-corrected chi connectivity index (χ3v) is 6.88. The molecule has 35 heavy (non-hydrogen) atoms. The number of esters is 2. The first-order valence-corrected chi connectivity index (χ1v) is 15.0. The molecule has 5 nitrogen and oxygen atoms in total. The lowest BCUT2D eigenvalue weighted by Crippen LogP contribution is -2.25. The number of ether oxygens (including phenoxy) is 2. The summed E-state index contributed by atoms with van der Waals surface area (Å²) in [6.07, 6.45) is 22.9. The molecule has 5 heteroatoms. The first-order valence-electron chi connectivity index (χ1n) is 15.0. The number of aliphatic hydroxyl groups excluding tert-OH is 1. The summed E-state index contributed by atoms with van der Waals surface area (Å²) in [5.41, 5.74) is 0. The van der Waals surface area contributed by atoms with Crippen molar-refractivity contribution in [2.45, 2.75) is 162 Å². The van der Waals surface area contributed by atoms with E-state index in [0.717, 1.165) is 44.4 Å². The highest BCUT2D eigenvalue weighted by atomic mass is 16.6. The van der Waals surface area contributed by atoms with Crippen molar-refractivity contribution in [3.05, 3.63) is 0 Å². The van der Waals surface area contributed by atoms with Crippen LogP contribution in [0.25, 0.3) is 0 Å². The molecular weight excluding hydrogens is 440 g/mol. The Morgan fingerprint density at radius 2 is 0.971 bits per heavy atom. The van der Waals surface area contributed by atoms with Gasteiger partial charge in [-0.2, -0.15) is 0 Å². The van der Waals surface area contributed by atoms with E-state index in [1.807, 2.05) is 0 Å². The second-order valence-electron chi connectivity index (χ2n) is 10.5. The summed E-state index contributed by atoms with van der Waals surface area (Å²) in [4.78, 5) is 23.6. The van der Waals surface area contributed by atoms with Gasteiger partial charge in [0.05, 0.1) is 0 Å². The molecule has 0 radical (unpaired) electrons. The fourth-order valence-electron chi connectivity index (χ4n) is 4.18. The maximum Gasteiger partial charge on any atom is 0.305 e. The van der Waals surface area contributed by atoms with E-state index in [1.54, 1.807) is 0 Å². The molecule has 0 heterocycles. The van der Waals surface area contributed by atoms with Gasteiger partial charge in [-0.05, 0) is 18.8 Å².